The molecule has 2 rings (SSSR count). The van der Waals surface area contributed by atoms with E-state index in [0.29, 0.717) is 45.0 Å². The Bertz CT molecular complexity index is 655. The standard InChI is InChI=1S/C16H25N3O4S/c1-14-5-3-4-6-15(14)23-13-16(20)17-7-8-18-9-11-19(12-10-18)24(2,21)22/h3-6H,7-13H2,1-2H3,(H,17,20). The molecule has 8 heteroatoms. The van der Waals surface area contributed by atoms with Crippen molar-refractivity contribution >= 4 is 15.9 Å². The molecule has 0 atom stereocenters. The number of carbonyl (C=O) groups excluding carboxylic acids is 1. The van der Waals surface area contributed by atoms with Crippen molar-refractivity contribution in [2.75, 3.05) is 52.1 Å². The summed E-state index contributed by atoms with van der Waals surface area (Å²) in [5.74, 6) is 0.553. The van der Waals surface area contributed by atoms with Crippen molar-refractivity contribution in [3.63, 3.8) is 0 Å². The highest BCUT2D eigenvalue weighted by atomic mass is 32.2. The minimum Gasteiger partial charge on any atom is -0.484 e. The van der Waals surface area contributed by atoms with Gasteiger partial charge in [0.1, 0.15) is 5.75 Å². The lowest BCUT2D eigenvalue weighted by Gasteiger charge is -2.33. The predicted octanol–water partition coefficient (Wildman–Crippen LogP) is 0.0672. The predicted molar refractivity (Wildman–Crippen MR) is 92.5 cm³/mol. The number of nitrogens with zero attached hydrogens (tertiary/aromatic N) is 2. The molecule has 0 spiro atoms. The van der Waals surface area contributed by atoms with Crippen LogP contribution in [0.4, 0.5) is 0 Å². The number of rotatable bonds is 7. The first-order valence-electron chi connectivity index (χ1n) is 7.99. The van der Waals surface area contributed by atoms with Crippen LogP contribution in [0.1, 0.15) is 5.56 Å². The van der Waals surface area contributed by atoms with Gasteiger partial charge in [-0.05, 0) is 18.6 Å². The number of piperazine rings is 1. The van der Waals surface area contributed by atoms with Crippen LogP contribution in [0.5, 0.6) is 5.75 Å². The lowest BCUT2D eigenvalue weighted by molar-refractivity contribution is -0.123. The van der Waals surface area contributed by atoms with E-state index in [1.807, 2.05) is 31.2 Å². The fourth-order valence-electron chi connectivity index (χ4n) is 2.55. The van der Waals surface area contributed by atoms with E-state index in [9.17, 15) is 13.2 Å². The highest BCUT2D eigenvalue weighted by molar-refractivity contribution is 7.88. The molecule has 0 bridgehead atoms. The first kappa shape index (κ1) is 18.7. The van der Waals surface area contributed by atoms with E-state index in [4.69, 9.17) is 4.74 Å². The summed E-state index contributed by atoms with van der Waals surface area (Å²) < 4.78 is 29.9. The highest BCUT2D eigenvalue weighted by Crippen LogP contribution is 2.15. The molecule has 0 radical (unpaired) electrons. The molecule has 1 heterocycles. The van der Waals surface area contributed by atoms with Gasteiger partial charge in [-0.1, -0.05) is 18.2 Å². The Kier molecular flexibility index (Phi) is 6.59. The molecule has 1 fully saturated rings. The Labute approximate surface area is 143 Å². The maximum absolute atomic E-state index is 11.8. The second-order valence-corrected chi connectivity index (χ2v) is 7.89. The molecule has 1 aliphatic heterocycles. The van der Waals surface area contributed by atoms with Gasteiger partial charge in [-0.2, -0.15) is 4.31 Å². The molecule has 1 N–H and O–H groups in total. The van der Waals surface area contributed by atoms with Crippen LogP contribution in [0.3, 0.4) is 0 Å². The first-order valence-corrected chi connectivity index (χ1v) is 9.83. The molecule has 134 valence electrons. The van der Waals surface area contributed by atoms with Crippen LogP contribution in [0.2, 0.25) is 0 Å². The summed E-state index contributed by atoms with van der Waals surface area (Å²) in [5, 5.41) is 2.82. The Hall–Kier alpha value is -1.64. The summed E-state index contributed by atoms with van der Waals surface area (Å²) in [6.45, 7) is 5.52. The minimum absolute atomic E-state index is 0.00723. The Balaban J connectivity index is 1.62. The Morgan fingerprint density at radius 2 is 1.88 bits per heavy atom. The van der Waals surface area contributed by atoms with Crippen molar-refractivity contribution < 1.29 is 17.9 Å². The second-order valence-electron chi connectivity index (χ2n) is 5.91. The van der Waals surface area contributed by atoms with E-state index in [1.54, 1.807) is 0 Å². The maximum Gasteiger partial charge on any atom is 0.257 e. The number of amides is 1. The van der Waals surface area contributed by atoms with E-state index in [-0.39, 0.29) is 12.5 Å². The molecule has 1 aromatic carbocycles. The summed E-state index contributed by atoms with van der Waals surface area (Å²) in [5.41, 5.74) is 0.994. The molecule has 1 saturated heterocycles. The fraction of sp³-hybridized carbons (Fsp3) is 0.562. The molecule has 0 aromatic heterocycles. The average Bonchev–Trinajstić information content (AvgIpc) is 2.54. The van der Waals surface area contributed by atoms with Crippen LogP contribution in [0.25, 0.3) is 0 Å². The highest BCUT2D eigenvalue weighted by Gasteiger charge is 2.22. The number of benzene rings is 1. The summed E-state index contributed by atoms with van der Waals surface area (Å²) >= 11 is 0. The number of carbonyl (C=O) groups is 1. The van der Waals surface area contributed by atoms with Crippen LogP contribution >= 0.6 is 0 Å². The molecule has 24 heavy (non-hydrogen) atoms. The maximum atomic E-state index is 11.8. The van der Waals surface area contributed by atoms with Crippen molar-refractivity contribution in [1.82, 2.24) is 14.5 Å². The van der Waals surface area contributed by atoms with Crippen LogP contribution in [0, 0.1) is 6.92 Å². The Morgan fingerprint density at radius 3 is 2.50 bits per heavy atom. The van der Waals surface area contributed by atoms with Crippen molar-refractivity contribution in [1.29, 1.82) is 0 Å². The van der Waals surface area contributed by atoms with Gasteiger partial charge in [0.2, 0.25) is 10.0 Å². The van der Waals surface area contributed by atoms with E-state index in [0.717, 1.165) is 5.56 Å². The number of para-hydroxylation sites is 1. The quantitative estimate of drug-likeness (QED) is 0.749. The van der Waals surface area contributed by atoms with Gasteiger partial charge < -0.3 is 10.1 Å². The Morgan fingerprint density at radius 1 is 1.21 bits per heavy atom. The largest absolute Gasteiger partial charge is 0.484 e. The topological polar surface area (TPSA) is 79.0 Å². The summed E-state index contributed by atoms with van der Waals surface area (Å²) in [4.78, 5) is 14.0. The number of aryl methyl sites for hydroxylation is 1. The molecule has 0 saturated carbocycles. The first-order chi connectivity index (χ1) is 11.4. The third kappa shape index (κ3) is 5.77. The van der Waals surface area contributed by atoms with Gasteiger partial charge in [0, 0.05) is 39.3 Å². The van der Waals surface area contributed by atoms with E-state index < -0.39 is 10.0 Å². The van der Waals surface area contributed by atoms with Gasteiger partial charge >= 0.3 is 0 Å². The molecule has 1 aromatic rings. The average molecular weight is 355 g/mol. The zero-order valence-corrected chi connectivity index (χ0v) is 15.0. The number of nitrogens with one attached hydrogen (secondary N) is 1. The fourth-order valence-corrected chi connectivity index (χ4v) is 3.38. The molecule has 0 unspecified atom stereocenters. The van der Waals surface area contributed by atoms with E-state index in [2.05, 4.69) is 10.2 Å². The monoisotopic (exact) mass is 355 g/mol. The summed E-state index contributed by atoms with van der Waals surface area (Å²) in [6, 6.07) is 7.56. The SMILES string of the molecule is Cc1ccccc1OCC(=O)NCCN1CCN(S(C)(=O)=O)CC1. The second kappa shape index (κ2) is 8.46. The third-order valence-electron chi connectivity index (χ3n) is 4.00. The number of hydrogen-bond donors (Lipinski definition) is 1. The van der Waals surface area contributed by atoms with E-state index >= 15 is 0 Å². The van der Waals surface area contributed by atoms with Crippen molar-refractivity contribution in [3.8, 4) is 5.75 Å². The van der Waals surface area contributed by atoms with Gasteiger partial charge in [0.25, 0.3) is 5.91 Å². The van der Waals surface area contributed by atoms with E-state index in [1.165, 1.54) is 10.6 Å². The number of sulfonamides is 1. The lowest BCUT2D eigenvalue weighted by atomic mass is 10.2. The van der Waals surface area contributed by atoms with Gasteiger partial charge in [-0.25, -0.2) is 8.42 Å². The van der Waals surface area contributed by atoms with Crippen molar-refractivity contribution in [2.45, 2.75) is 6.92 Å². The smallest absolute Gasteiger partial charge is 0.257 e. The molecule has 0 aliphatic carbocycles. The molecule has 1 aliphatic rings. The molecular weight excluding hydrogens is 330 g/mol. The zero-order valence-electron chi connectivity index (χ0n) is 14.2. The molecular formula is C16H25N3O4S. The van der Waals surface area contributed by atoms with Gasteiger partial charge in [0.15, 0.2) is 6.61 Å². The zero-order chi connectivity index (χ0) is 17.6. The van der Waals surface area contributed by atoms with Gasteiger partial charge in [-0.15, -0.1) is 0 Å². The van der Waals surface area contributed by atoms with Crippen LogP contribution in [-0.4, -0.2) is 75.7 Å². The minimum atomic E-state index is -3.10. The van der Waals surface area contributed by atoms with Crippen molar-refractivity contribution in [2.24, 2.45) is 0 Å². The normalized spacial score (nSPS) is 16.8. The molecule has 7 nitrogen and oxygen atoms in total. The van der Waals surface area contributed by atoms with Gasteiger partial charge in [-0.3, -0.25) is 9.69 Å². The number of ether oxygens (including phenoxy) is 1. The van der Waals surface area contributed by atoms with Crippen molar-refractivity contribution in [3.05, 3.63) is 29.8 Å². The summed E-state index contributed by atoms with van der Waals surface area (Å²) in [7, 11) is -3.10. The molecule has 1 amide bonds. The van der Waals surface area contributed by atoms with Crippen LogP contribution in [-0.2, 0) is 14.8 Å². The van der Waals surface area contributed by atoms with Gasteiger partial charge in [0.05, 0.1) is 6.26 Å². The van der Waals surface area contributed by atoms with Crippen LogP contribution < -0.4 is 10.1 Å². The summed E-state index contributed by atoms with van der Waals surface area (Å²) in [6.07, 6.45) is 1.23. The lowest BCUT2D eigenvalue weighted by Crippen LogP contribution is -2.50. The number of hydrogen-bond acceptors (Lipinski definition) is 5. The van der Waals surface area contributed by atoms with Crippen LogP contribution in [0.15, 0.2) is 24.3 Å². The third-order valence-corrected chi connectivity index (χ3v) is 5.31.